The summed E-state index contributed by atoms with van der Waals surface area (Å²) in [5.41, 5.74) is 0.607. The molecule has 24 heavy (non-hydrogen) atoms. The zero-order valence-electron chi connectivity index (χ0n) is 14.4. The van der Waals surface area contributed by atoms with Gasteiger partial charge in [-0.3, -0.25) is 9.69 Å². The second kappa shape index (κ2) is 7.94. The van der Waals surface area contributed by atoms with Crippen LogP contribution in [-0.2, 0) is 0 Å². The molecule has 132 valence electrons. The van der Waals surface area contributed by atoms with E-state index >= 15 is 0 Å². The molecule has 1 aromatic rings. The molecule has 2 fully saturated rings. The number of aliphatic hydroxyl groups is 1. The van der Waals surface area contributed by atoms with Crippen LogP contribution in [0.3, 0.4) is 0 Å². The van der Waals surface area contributed by atoms with E-state index in [1.54, 1.807) is 18.3 Å². The van der Waals surface area contributed by atoms with Gasteiger partial charge in [0.1, 0.15) is 0 Å². The van der Waals surface area contributed by atoms with Crippen LogP contribution in [0.25, 0.3) is 0 Å². The predicted octanol–water partition coefficient (Wildman–Crippen LogP) is 1.40. The van der Waals surface area contributed by atoms with Gasteiger partial charge < -0.3 is 14.7 Å². The Morgan fingerprint density at radius 3 is 2.67 bits per heavy atom. The summed E-state index contributed by atoms with van der Waals surface area (Å²) in [5.74, 6) is 1.30. The molecule has 2 aliphatic rings. The highest BCUT2D eigenvalue weighted by atomic mass is 16.5. The Balaban J connectivity index is 1.47. The first kappa shape index (κ1) is 17.2. The van der Waals surface area contributed by atoms with Crippen molar-refractivity contribution in [1.82, 2.24) is 14.8 Å². The fourth-order valence-electron chi connectivity index (χ4n) is 2.82. The summed E-state index contributed by atoms with van der Waals surface area (Å²) < 4.78 is 5.61. The first-order valence-corrected chi connectivity index (χ1v) is 8.94. The summed E-state index contributed by atoms with van der Waals surface area (Å²) in [6.45, 7) is 6.39. The molecule has 0 spiro atoms. The molecule has 2 heterocycles. The van der Waals surface area contributed by atoms with Gasteiger partial charge in [-0.25, -0.2) is 4.98 Å². The normalized spacial score (nSPS) is 20.0. The number of β-amino-alcohol motifs (C(OH)–C–C–N with tert-alkyl or cyclic N) is 1. The second-order valence-corrected chi connectivity index (χ2v) is 6.79. The topological polar surface area (TPSA) is 65.9 Å². The van der Waals surface area contributed by atoms with E-state index in [0.717, 1.165) is 26.1 Å². The van der Waals surface area contributed by atoms with Crippen LogP contribution in [0.5, 0.6) is 5.88 Å². The van der Waals surface area contributed by atoms with E-state index < -0.39 is 0 Å². The lowest BCUT2D eigenvalue weighted by Crippen LogP contribution is -2.50. The number of ether oxygens (including phenoxy) is 1. The highest BCUT2D eigenvalue weighted by molar-refractivity contribution is 5.94. The van der Waals surface area contributed by atoms with Crippen molar-refractivity contribution in [2.45, 2.75) is 32.3 Å². The summed E-state index contributed by atoms with van der Waals surface area (Å²) in [5, 5.41) is 9.73. The molecule has 1 saturated heterocycles. The van der Waals surface area contributed by atoms with E-state index in [0.29, 0.717) is 37.0 Å². The summed E-state index contributed by atoms with van der Waals surface area (Å²) in [7, 11) is 0. The number of amides is 1. The molecular weight excluding hydrogens is 306 g/mol. The minimum absolute atomic E-state index is 0.0203. The van der Waals surface area contributed by atoms with Crippen LogP contribution >= 0.6 is 0 Å². The van der Waals surface area contributed by atoms with Gasteiger partial charge >= 0.3 is 0 Å². The number of aromatic nitrogens is 1. The molecule has 1 amide bonds. The van der Waals surface area contributed by atoms with Crippen molar-refractivity contribution >= 4 is 5.91 Å². The Hall–Kier alpha value is -1.66. The van der Waals surface area contributed by atoms with Crippen LogP contribution in [0.1, 0.15) is 36.5 Å². The average Bonchev–Trinajstić information content (AvgIpc) is 3.45. The molecule has 0 radical (unpaired) electrons. The second-order valence-electron chi connectivity index (χ2n) is 6.79. The molecule has 1 aliphatic heterocycles. The molecule has 1 atom stereocenters. The number of piperazine rings is 1. The number of rotatable bonds is 7. The molecule has 3 rings (SSSR count). The van der Waals surface area contributed by atoms with Crippen molar-refractivity contribution in [3.05, 3.63) is 23.9 Å². The summed E-state index contributed by atoms with van der Waals surface area (Å²) in [6, 6.07) is 3.58. The lowest BCUT2D eigenvalue weighted by molar-refractivity contribution is 0.0523. The average molecular weight is 333 g/mol. The van der Waals surface area contributed by atoms with E-state index in [2.05, 4.69) is 9.88 Å². The van der Waals surface area contributed by atoms with Crippen molar-refractivity contribution in [1.29, 1.82) is 0 Å². The van der Waals surface area contributed by atoms with Gasteiger partial charge in [-0.15, -0.1) is 0 Å². The van der Waals surface area contributed by atoms with Crippen LogP contribution in [0.2, 0.25) is 0 Å². The van der Waals surface area contributed by atoms with Gasteiger partial charge in [0.05, 0.1) is 18.3 Å². The standard InChI is InChI=1S/C18H27N3O3/c1-2-16(22)12-20-7-9-21(10-8-20)18(23)15-5-6-17(19-11-15)24-13-14-3-4-14/h5-6,11,14,16,22H,2-4,7-10,12-13H2,1H3/t16-/m0/s1. The largest absolute Gasteiger partial charge is 0.477 e. The van der Waals surface area contributed by atoms with Gasteiger partial charge in [-0.05, 0) is 31.2 Å². The third kappa shape index (κ3) is 4.68. The maximum absolute atomic E-state index is 12.5. The third-order valence-corrected chi connectivity index (χ3v) is 4.75. The smallest absolute Gasteiger partial charge is 0.255 e. The molecule has 0 bridgehead atoms. The first-order valence-electron chi connectivity index (χ1n) is 8.94. The first-order chi connectivity index (χ1) is 11.7. The monoisotopic (exact) mass is 333 g/mol. The molecule has 1 N–H and O–H groups in total. The van der Waals surface area contributed by atoms with Crippen LogP contribution < -0.4 is 4.74 Å². The van der Waals surface area contributed by atoms with Gasteiger partial charge in [0.15, 0.2) is 0 Å². The summed E-state index contributed by atoms with van der Waals surface area (Å²) in [4.78, 5) is 20.9. The van der Waals surface area contributed by atoms with E-state index in [9.17, 15) is 9.90 Å². The lowest BCUT2D eigenvalue weighted by Gasteiger charge is -2.35. The van der Waals surface area contributed by atoms with E-state index in [-0.39, 0.29) is 12.0 Å². The van der Waals surface area contributed by atoms with E-state index in [1.165, 1.54) is 12.8 Å². The number of carbonyl (C=O) groups excluding carboxylic acids is 1. The molecule has 0 aromatic carbocycles. The summed E-state index contributed by atoms with van der Waals surface area (Å²) >= 11 is 0. The minimum atomic E-state index is -0.278. The number of hydrogen-bond donors (Lipinski definition) is 1. The van der Waals surface area contributed by atoms with E-state index in [1.807, 2.05) is 11.8 Å². The Kier molecular flexibility index (Phi) is 5.68. The number of nitrogens with zero attached hydrogens (tertiary/aromatic N) is 3. The SMILES string of the molecule is CC[C@H](O)CN1CCN(C(=O)c2ccc(OCC3CC3)nc2)CC1. The molecule has 1 aliphatic carbocycles. The van der Waals surface area contributed by atoms with Gasteiger partial charge in [-0.1, -0.05) is 6.92 Å². The number of carbonyl (C=O) groups is 1. The molecule has 1 aromatic heterocycles. The van der Waals surface area contributed by atoms with Gasteiger partial charge in [0.2, 0.25) is 5.88 Å². The van der Waals surface area contributed by atoms with Crippen LogP contribution in [0, 0.1) is 5.92 Å². The fraction of sp³-hybridized carbons (Fsp3) is 0.667. The van der Waals surface area contributed by atoms with Crippen molar-refractivity contribution in [2.24, 2.45) is 5.92 Å². The number of aliphatic hydroxyl groups excluding tert-OH is 1. The molecule has 6 nitrogen and oxygen atoms in total. The number of hydrogen-bond acceptors (Lipinski definition) is 5. The van der Waals surface area contributed by atoms with Crippen LogP contribution in [-0.4, -0.2) is 71.2 Å². The highest BCUT2D eigenvalue weighted by Crippen LogP contribution is 2.29. The number of pyridine rings is 1. The third-order valence-electron chi connectivity index (χ3n) is 4.75. The Bertz CT molecular complexity index is 537. The van der Waals surface area contributed by atoms with Crippen LogP contribution in [0.4, 0.5) is 0 Å². The fourth-order valence-corrected chi connectivity index (χ4v) is 2.82. The molecule has 0 unspecified atom stereocenters. The molecule has 6 heteroatoms. The highest BCUT2D eigenvalue weighted by Gasteiger charge is 2.24. The Labute approximate surface area is 143 Å². The van der Waals surface area contributed by atoms with Gasteiger partial charge in [-0.2, -0.15) is 0 Å². The van der Waals surface area contributed by atoms with Crippen LogP contribution in [0.15, 0.2) is 18.3 Å². The Morgan fingerprint density at radius 2 is 2.08 bits per heavy atom. The lowest BCUT2D eigenvalue weighted by atomic mass is 10.2. The minimum Gasteiger partial charge on any atom is -0.477 e. The zero-order valence-corrected chi connectivity index (χ0v) is 14.4. The maximum atomic E-state index is 12.5. The quantitative estimate of drug-likeness (QED) is 0.817. The predicted molar refractivity (Wildman–Crippen MR) is 91.1 cm³/mol. The van der Waals surface area contributed by atoms with Crippen molar-refractivity contribution in [2.75, 3.05) is 39.3 Å². The van der Waals surface area contributed by atoms with Gasteiger partial charge in [0, 0.05) is 45.0 Å². The Morgan fingerprint density at radius 1 is 1.33 bits per heavy atom. The van der Waals surface area contributed by atoms with E-state index in [4.69, 9.17) is 4.74 Å². The maximum Gasteiger partial charge on any atom is 0.255 e. The summed E-state index contributed by atoms with van der Waals surface area (Å²) in [6.07, 6.45) is 4.59. The van der Waals surface area contributed by atoms with Crippen molar-refractivity contribution in [3.8, 4) is 5.88 Å². The molecular formula is C18H27N3O3. The van der Waals surface area contributed by atoms with Gasteiger partial charge in [0.25, 0.3) is 5.91 Å². The van der Waals surface area contributed by atoms with Crippen molar-refractivity contribution < 1.29 is 14.6 Å². The molecule has 1 saturated carbocycles. The van der Waals surface area contributed by atoms with Crippen molar-refractivity contribution in [3.63, 3.8) is 0 Å². The zero-order chi connectivity index (χ0) is 16.9.